The van der Waals surface area contributed by atoms with Crippen molar-refractivity contribution >= 4 is 17.7 Å². The fourth-order valence-corrected chi connectivity index (χ4v) is 2.96. The summed E-state index contributed by atoms with van der Waals surface area (Å²) in [5.74, 6) is 2.40. The molecule has 1 heterocycles. The van der Waals surface area contributed by atoms with Crippen LogP contribution in [0.1, 0.15) is 27.2 Å². The number of thioether (sulfide) groups is 1. The maximum atomic E-state index is 12.2. The van der Waals surface area contributed by atoms with Crippen LogP contribution >= 0.6 is 11.8 Å². The normalized spacial score (nSPS) is 19.6. The Bertz CT molecular complexity index is 232. The molecule has 1 rings (SSSR count). The van der Waals surface area contributed by atoms with Gasteiger partial charge in [0.1, 0.15) is 0 Å². The molecule has 4 heteroatoms. The average Bonchev–Trinajstić information content (AvgIpc) is 2.25. The summed E-state index contributed by atoms with van der Waals surface area (Å²) >= 11 is 1.92. The number of amides is 1. The van der Waals surface area contributed by atoms with Gasteiger partial charge in [0, 0.05) is 31.1 Å². The summed E-state index contributed by atoms with van der Waals surface area (Å²) in [6.45, 7) is 8.74. The van der Waals surface area contributed by atoms with Gasteiger partial charge in [-0.3, -0.25) is 4.79 Å². The van der Waals surface area contributed by atoms with E-state index >= 15 is 0 Å². The Morgan fingerprint density at radius 3 is 2.38 bits per heavy atom. The molecule has 1 fully saturated rings. The van der Waals surface area contributed by atoms with Crippen LogP contribution in [0.3, 0.4) is 0 Å². The molecular formula is C12H24N2OS. The minimum Gasteiger partial charge on any atom is -0.341 e. The number of carbonyl (C=O) groups excluding carboxylic acids is 1. The van der Waals surface area contributed by atoms with E-state index in [2.05, 4.69) is 20.8 Å². The van der Waals surface area contributed by atoms with Crippen LogP contribution in [0, 0.1) is 11.3 Å². The summed E-state index contributed by atoms with van der Waals surface area (Å²) in [5, 5.41) is 0. The summed E-state index contributed by atoms with van der Waals surface area (Å²) in [5.41, 5.74) is 5.91. The van der Waals surface area contributed by atoms with E-state index in [-0.39, 0.29) is 17.2 Å². The second kappa shape index (κ2) is 5.92. The third kappa shape index (κ3) is 4.34. The SMILES string of the molecule is CC(C)(C)CC(CN)C(=O)N1CCSCC1. The molecule has 1 saturated heterocycles. The highest BCUT2D eigenvalue weighted by atomic mass is 32.2. The molecule has 0 radical (unpaired) electrons. The van der Waals surface area contributed by atoms with Gasteiger partial charge in [0.2, 0.25) is 5.91 Å². The van der Waals surface area contributed by atoms with Crippen LogP contribution in [0.25, 0.3) is 0 Å². The highest BCUT2D eigenvalue weighted by molar-refractivity contribution is 7.99. The molecule has 0 aromatic carbocycles. The highest BCUT2D eigenvalue weighted by Crippen LogP contribution is 2.25. The van der Waals surface area contributed by atoms with E-state index in [9.17, 15) is 4.79 Å². The third-order valence-corrected chi connectivity index (χ3v) is 3.76. The van der Waals surface area contributed by atoms with Crippen LogP contribution in [0.15, 0.2) is 0 Å². The Morgan fingerprint density at radius 2 is 1.94 bits per heavy atom. The van der Waals surface area contributed by atoms with Gasteiger partial charge in [-0.2, -0.15) is 11.8 Å². The summed E-state index contributed by atoms with van der Waals surface area (Å²) in [7, 11) is 0. The fraction of sp³-hybridized carbons (Fsp3) is 0.917. The topological polar surface area (TPSA) is 46.3 Å². The lowest BCUT2D eigenvalue weighted by Gasteiger charge is -2.32. The second-order valence-corrected chi connectivity index (χ2v) is 6.86. The fourth-order valence-electron chi connectivity index (χ4n) is 2.05. The lowest BCUT2D eigenvalue weighted by atomic mass is 9.84. The largest absolute Gasteiger partial charge is 0.341 e. The zero-order valence-corrected chi connectivity index (χ0v) is 11.5. The zero-order valence-electron chi connectivity index (χ0n) is 10.7. The molecule has 2 N–H and O–H groups in total. The molecule has 0 aromatic rings. The van der Waals surface area contributed by atoms with Gasteiger partial charge in [0.05, 0.1) is 5.92 Å². The molecule has 16 heavy (non-hydrogen) atoms. The van der Waals surface area contributed by atoms with Crippen molar-refractivity contribution in [1.29, 1.82) is 0 Å². The number of carbonyl (C=O) groups is 1. The van der Waals surface area contributed by atoms with Crippen LogP contribution in [0.2, 0.25) is 0 Å². The van der Waals surface area contributed by atoms with Gasteiger partial charge in [-0.1, -0.05) is 20.8 Å². The van der Waals surface area contributed by atoms with E-state index in [0.717, 1.165) is 31.0 Å². The van der Waals surface area contributed by atoms with Crippen molar-refractivity contribution in [2.45, 2.75) is 27.2 Å². The molecule has 0 bridgehead atoms. The Hall–Kier alpha value is -0.220. The molecule has 0 saturated carbocycles. The lowest BCUT2D eigenvalue weighted by Crippen LogP contribution is -2.44. The maximum Gasteiger partial charge on any atom is 0.227 e. The van der Waals surface area contributed by atoms with Gasteiger partial charge in [0.15, 0.2) is 0 Å². The van der Waals surface area contributed by atoms with Gasteiger partial charge in [0.25, 0.3) is 0 Å². The minimum atomic E-state index is 0.00287. The first-order valence-corrected chi connectivity index (χ1v) is 7.16. The van der Waals surface area contributed by atoms with Crippen molar-refractivity contribution in [3.8, 4) is 0 Å². The van der Waals surface area contributed by atoms with Gasteiger partial charge in [-0.25, -0.2) is 0 Å². The van der Waals surface area contributed by atoms with Crippen LogP contribution in [-0.4, -0.2) is 41.9 Å². The molecule has 1 amide bonds. The van der Waals surface area contributed by atoms with Crippen LogP contribution in [0.4, 0.5) is 0 Å². The molecule has 1 aliphatic rings. The molecule has 1 atom stereocenters. The van der Waals surface area contributed by atoms with Gasteiger partial charge in [-0.05, 0) is 11.8 Å². The molecule has 1 aliphatic heterocycles. The number of hydrogen-bond donors (Lipinski definition) is 1. The minimum absolute atomic E-state index is 0.00287. The summed E-state index contributed by atoms with van der Waals surface area (Å²) < 4.78 is 0. The van der Waals surface area contributed by atoms with Gasteiger partial charge < -0.3 is 10.6 Å². The van der Waals surface area contributed by atoms with Crippen molar-refractivity contribution in [2.24, 2.45) is 17.1 Å². The molecule has 0 spiro atoms. The van der Waals surface area contributed by atoms with E-state index in [1.807, 2.05) is 16.7 Å². The Kier molecular flexibility index (Phi) is 5.12. The third-order valence-electron chi connectivity index (χ3n) is 2.82. The molecule has 1 unspecified atom stereocenters. The van der Waals surface area contributed by atoms with Crippen molar-refractivity contribution < 1.29 is 4.79 Å². The van der Waals surface area contributed by atoms with Crippen LogP contribution < -0.4 is 5.73 Å². The van der Waals surface area contributed by atoms with Crippen LogP contribution in [0.5, 0.6) is 0 Å². The first kappa shape index (κ1) is 13.8. The maximum absolute atomic E-state index is 12.2. The van der Waals surface area contributed by atoms with E-state index in [0.29, 0.717) is 6.54 Å². The van der Waals surface area contributed by atoms with Crippen molar-refractivity contribution in [1.82, 2.24) is 4.90 Å². The monoisotopic (exact) mass is 244 g/mol. The number of hydrogen-bond acceptors (Lipinski definition) is 3. The van der Waals surface area contributed by atoms with Gasteiger partial charge >= 0.3 is 0 Å². The first-order chi connectivity index (χ1) is 7.44. The van der Waals surface area contributed by atoms with E-state index in [1.54, 1.807) is 0 Å². The molecule has 94 valence electrons. The first-order valence-electron chi connectivity index (χ1n) is 6.00. The Morgan fingerprint density at radius 1 is 1.38 bits per heavy atom. The lowest BCUT2D eigenvalue weighted by molar-refractivity contribution is -0.135. The van der Waals surface area contributed by atoms with Crippen molar-refractivity contribution in [3.63, 3.8) is 0 Å². The predicted molar refractivity (Wildman–Crippen MR) is 70.5 cm³/mol. The summed E-state index contributed by atoms with van der Waals surface area (Å²) in [6, 6.07) is 0. The van der Waals surface area contributed by atoms with E-state index in [1.165, 1.54) is 0 Å². The van der Waals surface area contributed by atoms with Crippen LogP contribution in [-0.2, 0) is 4.79 Å². The zero-order chi connectivity index (χ0) is 12.2. The van der Waals surface area contributed by atoms with Crippen molar-refractivity contribution in [2.75, 3.05) is 31.1 Å². The number of nitrogens with zero attached hydrogens (tertiary/aromatic N) is 1. The van der Waals surface area contributed by atoms with E-state index in [4.69, 9.17) is 5.73 Å². The standard InChI is InChI=1S/C12H24N2OS/c1-12(2,3)8-10(9-13)11(15)14-4-6-16-7-5-14/h10H,4-9,13H2,1-3H3. The number of rotatable bonds is 3. The average molecular weight is 244 g/mol. The summed E-state index contributed by atoms with van der Waals surface area (Å²) in [4.78, 5) is 14.2. The number of nitrogens with two attached hydrogens (primary N) is 1. The molecular weight excluding hydrogens is 220 g/mol. The predicted octanol–water partition coefficient (Wildman–Crippen LogP) is 1.57. The highest BCUT2D eigenvalue weighted by Gasteiger charge is 2.28. The quantitative estimate of drug-likeness (QED) is 0.820. The Balaban J connectivity index is 2.54. The van der Waals surface area contributed by atoms with Gasteiger partial charge in [-0.15, -0.1) is 0 Å². The second-order valence-electron chi connectivity index (χ2n) is 5.64. The molecule has 0 aromatic heterocycles. The van der Waals surface area contributed by atoms with Crippen molar-refractivity contribution in [3.05, 3.63) is 0 Å². The molecule has 3 nitrogen and oxygen atoms in total. The molecule has 0 aliphatic carbocycles. The van der Waals surface area contributed by atoms with E-state index < -0.39 is 0 Å². The summed E-state index contributed by atoms with van der Waals surface area (Å²) in [6.07, 6.45) is 0.881. The Labute approximate surface area is 103 Å². The smallest absolute Gasteiger partial charge is 0.227 e.